The van der Waals surface area contributed by atoms with Crippen LogP contribution in [0.3, 0.4) is 0 Å². The van der Waals surface area contributed by atoms with Gasteiger partial charge in [0.05, 0.1) is 35.6 Å². The first-order valence-electron chi connectivity index (χ1n) is 13.3. The van der Waals surface area contributed by atoms with Gasteiger partial charge in [-0.15, -0.1) is 0 Å². The quantitative estimate of drug-likeness (QED) is 0.266. The average Bonchev–Trinajstić information content (AvgIpc) is 3.30. The van der Waals surface area contributed by atoms with Crippen molar-refractivity contribution in [1.82, 2.24) is 4.57 Å². The lowest BCUT2D eigenvalue weighted by Gasteiger charge is -2.25. The number of rotatable bonds is 9. The van der Waals surface area contributed by atoms with Gasteiger partial charge in [-0.05, 0) is 60.4 Å². The van der Waals surface area contributed by atoms with Crippen LogP contribution in [0.4, 0.5) is 4.39 Å². The summed E-state index contributed by atoms with van der Waals surface area (Å²) in [6.07, 6.45) is 2.28. The van der Waals surface area contributed by atoms with E-state index in [9.17, 15) is 14.0 Å². The molecule has 0 fully saturated rings. The van der Waals surface area contributed by atoms with Crippen molar-refractivity contribution in [2.75, 3.05) is 13.7 Å². The molecular weight excluding hydrogens is 543 g/mol. The summed E-state index contributed by atoms with van der Waals surface area (Å²) >= 11 is 1.26. The molecule has 7 nitrogen and oxygen atoms in total. The minimum absolute atomic E-state index is 0.178. The summed E-state index contributed by atoms with van der Waals surface area (Å²) in [5.74, 6) is 0.180. The minimum atomic E-state index is -0.658. The Hall–Kier alpha value is -4.50. The highest BCUT2D eigenvalue weighted by Crippen LogP contribution is 2.32. The molecule has 1 aromatic heterocycles. The number of ether oxygens (including phenoxy) is 3. The van der Waals surface area contributed by atoms with Gasteiger partial charge < -0.3 is 14.2 Å². The Morgan fingerprint density at radius 3 is 2.54 bits per heavy atom. The Bertz CT molecular complexity index is 1790. The number of methoxy groups -OCH3 is 1. The number of hydrogen-bond donors (Lipinski definition) is 0. The van der Waals surface area contributed by atoms with Crippen molar-refractivity contribution in [1.29, 1.82) is 0 Å². The average molecular weight is 573 g/mol. The van der Waals surface area contributed by atoms with Gasteiger partial charge >= 0.3 is 5.97 Å². The summed E-state index contributed by atoms with van der Waals surface area (Å²) in [5, 5.41) is 0. The molecule has 0 radical (unpaired) electrons. The van der Waals surface area contributed by atoms with Gasteiger partial charge in [0.25, 0.3) is 5.56 Å². The molecule has 0 saturated carbocycles. The lowest BCUT2D eigenvalue weighted by atomic mass is 9.95. The fourth-order valence-electron chi connectivity index (χ4n) is 4.76. The molecule has 1 atom stereocenters. The Balaban J connectivity index is 1.56. The smallest absolute Gasteiger partial charge is 0.338 e. The molecule has 4 aromatic rings. The Labute approximate surface area is 240 Å². The summed E-state index contributed by atoms with van der Waals surface area (Å²) < 4.78 is 32.5. The Kier molecular flexibility index (Phi) is 8.45. The number of thiazole rings is 1. The number of carbonyl (C=O) groups excluding carboxylic acids is 1. The first kappa shape index (κ1) is 28.0. The van der Waals surface area contributed by atoms with Crippen LogP contribution in [0.2, 0.25) is 0 Å². The van der Waals surface area contributed by atoms with Crippen LogP contribution < -0.4 is 24.4 Å². The lowest BCUT2D eigenvalue weighted by molar-refractivity contribution is -0.136. The molecular formula is C32H29FN2O5S. The number of nitrogens with zero attached hydrogens (tertiary/aromatic N) is 2. The highest BCUT2D eigenvalue weighted by molar-refractivity contribution is 7.07. The van der Waals surface area contributed by atoms with E-state index in [1.807, 2.05) is 50.2 Å². The van der Waals surface area contributed by atoms with Gasteiger partial charge in [-0.3, -0.25) is 9.36 Å². The zero-order valence-electron chi connectivity index (χ0n) is 22.9. The molecule has 9 heteroatoms. The van der Waals surface area contributed by atoms with Crippen molar-refractivity contribution in [3.8, 4) is 11.5 Å². The van der Waals surface area contributed by atoms with E-state index in [4.69, 9.17) is 19.2 Å². The molecule has 1 aliphatic rings. The molecule has 0 aliphatic carbocycles. The number of aromatic nitrogens is 1. The summed E-state index contributed by atoms with van der Waals surface area (Å²) in [4.78, 5) is 32.0. The molecule has 0 bridgehead atoms. The van der Waals surface area contributed by atoms with Crippen molar-refractivity contribution in [2.45, 2.75) is 32.9 Å². The van der Waals surface area contributed by atoms with Gasteiger partial charge in [0.2, 0.25) is 0 Å². The van der Waals surface area contributed by atoms with Crippen LogP contribution >= 0.6 is 11.3 Å². The maximum atomic E-state index is 13.8. The molecule has 5 rings (SSSR count). The zero-order chi connectivity index (χ0) is 28.9. The molecule has 0 unspecified atom stereocenters. The third-order valence-electron chi connectivity index (χ3n) is 6.61. The topological polar surface area (TPSA) is 79.1 Å². The van der Waals surface area contributed by atoms with Gasteiger partial charge in [-0.25, -0.2) is 14.2 Å². The standard InChI is InChI=1S/C32H29FN2O5S/c1-4-24-28(31(37)38-3)29(22-11-7-6-8-12-22)35-30(36)27(41-32(35)34-24)18-20-14-15-25(26(17-20)39-5-2)40-19-21-10-9-13-23(33)16-21/h6-18,29H,4-5,19H2,1-3H3/b27-18-/t29-/m0/s1. The van der Waals surface area contributed by atoms with Crippen molar-refractivity contribution in [2.24, 2.45) is 4.99 Å². The van der Waals surface area contributed by atoms with Gasteiger partial charge in [0.15, 0.2) is 16.3 Å². The summed E-state index contributed by atoms with van der Waals surface area (Å²) in [5.41, 5.74) is 2.92. The number of benzene rings is 3. The van der Waals surface area contributed by atoms with E-state index < -0.39 is 12.0 Å². The first-order chi connectivity index (χ1) is 19.9. The summed E-state index contributed by atoms with van der Waals surface area (Å²) in [6, 6.07) is 20.4. The van der Waals surface area contributed by atoms with Crippen molar-refractivity contribution in [3.05, 3.63) is 126 Å². The second-order valence-electron chi connectivity index (χ2n) is 9.26. The monoisotopic (exact) mass is 572 g/mol. The van der Waals surface area contributed by atoms with Crippen molar-refractivity contribution < 1.29 is 23.4 Å². The van der Waals surface area contributed by atoms with Crippen LogP contribution in [0, 0.1) is 5.82 Å². The van der Waals surface area contributed by atoms with Crippen LogP contribution in [0.25, 0.3) is 6.08 Å². The van der Waals surface area contributed by atoms with Gasteiger partial charge in [0.1, 0.15) is 12.4 Å². The van der Waals surface area contributed by atoms with E-state index in [2.05, 4.69) is 0 Å². The molecule has 3 aromatic carbocycles. The van der Waals surface area contributed by atoms with Crippen LogP contribution in [0.15, 0.2) is 93.9 Å². The van der Waals surface area contributed by atoms with E-state index in [0.717, 1.165) is 11.1 Å². The van der Waals surface area contributed by atoms with E-state index in [0.29, 0.717) is 50.7 Å². The van der Waals surface area contributed by atoms with Gasteiger partial charge in [0, 0.05) is 0 Å². The van der Waals surface area contributed by atoms with Crippen LogP contribution in [-0.4, -0.2) is 24.3 Å². The summed E-state index contributed by atoms with van der Waals surface area (Å²) in [7, 11) is 1.33. The maximum Gasteiger partial charge on any atom is 0.338 e. The normalized spacial score (nSPS) is 14.8. The molecule has 0 N–H and O–H groups in total. The Morgan fingerprint density at radius 1 is 1.02 bits per heavy atom. The van der Waals surface area contributed by atoms with E-state index in [1.165, 1.54) is 30.6 Å². The minimum Gasteiger partial charge on any atom is -0.490 e. The Morgan fingerprint density at radius 2 is 1.83 bits per heavy atom. The second kappa shape index (κ2) is 12.3. The molecule has 0 saturated heterocycles. The largest absolute Gasteiger partial charge is 0.490 e. The van der Waals surface area contributed by atoms with Crippen molar-refractivity contribution in [3.63, 3.8) is 0 Å². The predicted octanol–water partition coefficient (Wildman–Crippen LogP) is 4.92. The van der Waals surface area contributed by atoms with Gasteiger partial charge in [-0.1, -0.05) is 66.8 Å². The van der Waals surface area contributed by atoms with Crippen LogP contribution in [0.1, 0.15) is 43.0 Å². The van der Waals surface area contributed by atoms with E-state index in [1.54, 1.807) is 34.9 Å². The predicted molar refractivity (Wildman–Crippen MR) is 155 cm³/mol. The number of hydrogen-bond acceptors (Lipinski definition) is 7. The SMILES string of the molecule is CCOc1cc(/C=c2\sc3n(c2=O)[C@@H](c2ccccc2)C(C(=O)OC)=C(CC)N=3)ccc1OCc1cccc(F)c1. The third kappa shape index (κ3) is 5.85. The fourth-order valence-corrected chi connectivity index (χ4v) is 5.78. The number of carbonyl (C=O) groups is 1. The highest BCUT2D eigenvalue weighted by atomic mass is 32.1. The molecule has 41 heavy (non-hydrogen) atoms. The maximum absolute atomic E-state index is 13.8. The van der Waals surface area contributed by atoms with E-state index >= 15 is 0 Å². The number of fused-ring (bicyclic) bond motifs is 1. The van der Waals surface area contributed by atoms with Crippen LogP contribution in [0.5, 0.6) is 11.5 Å². The molecule has 1 aliphatic heterocycles. The molecule has 2 heterocycles. The van der Waals surface area contributed by atoms with Crippen molar-refractivity contribution >= 4 is 23.4 Å². The van der Waals surface area contributed by atoms with Gasteiger partial charge in [-0.2, -0.15) is 0 Å². The fraction of sp³-hybridized carbons (Fsp3) is 0.219. The molecule has 0 spiro atoms. The number of halogens is 1. The highest BCUT2D eigenvalue weighted by Gasteiger charge is 2.33. The number of esters is 1. The lowest BCUT2D eigenvalue weighted by Crippen LogP contribution is -2.40. The first-order valence-corrected chi connectivity index (χ1v) is 14.1. The van der Waals surface area contributed by atoms with Crippen LogP contribution in [-0.2, 0) is 16.1 Å². The zero-order valence-corrected chi connectivity index (χ0v) is 23.7. The summed E-state index contributed by atoms with van der Waals surface area (Å²) in [6.45, 7) is 4.38. The molecule has 0 amide bonds. The third-order valence-corrected chi connectivity index (χ3v) is 7.60. The second-order valence-corrected chi connectivity index (χ2v) is 10.3. The molecule has 210 valence electrons. The van der Waals surface area contributed by atoms with E-state index in [-0.39, 0.29) is 18.0 Å². The number of allylic oxidation sites excluding steroid dienone is 1.